The molecule has 4 nitrogen and oxygen atoms in total. The van der Waals surface area contributed by atoms with Crippen molar-refractivity contribution in [3.8, 4) is 0 Å². The van der Waals surface area contributed by atoms with Gasteiger partial charge in [0.25, 0.3) is 0 Å². The second kappa shape index (κ2) is 62.8. The average Bonchev–Trinajstić information content (AvgIpc) is 3.79. The van der Waals surface area contributed by atoms with Crippen LogP contribution in [0, 0.1) is 316 Å². The smallest absolute Gasteiger partial charge is 0.334 e. The summed E-state index contributed by atoms with van der Waals surface area (Å²) < 4.78 is 0. The first-order valence-corrected chi connectivity index (χ1v) is 22.3. The molecule has 0 bridgehead atoms. The van der Waals surface area contributed by atoms with Crippen molar-refractivity contribution in [2.45, 2.75) is 240 Å². The van der Waals surface area contributed by atoms with Crippen molar-refractivity contribution in [1.82, 2.24) is 0 Å². The number of carbonyl (C=O) groups is 4. The molecule has 4 saturated carbocycles. The van der Waals surface area contributed by atoms with Crippen molar-refractivity contribution in [1.29, 1.82) is 0 Å². The van der Waals surface area contributed by atoms with Crippen LogP contribution in [0.1, 0.15) is 240 Å². The van der Waals surface area contributed by atoms with Crippen molar-refractivity contribution < 1.29 is 342 Å². The summed E-state index contributed by atoms with van der Waals surface area (Å²) in [7, 11) is 0. The number of hydrogen-bond donors (Lipinski definition) is 0. The third-order valence-corrected chi connectivity index (χ3v) is 10.9. The van der Waals surface area contributed by atoms with Crippen molar-refractivity contribution in [2.75, 3.05) is 0 Å². The first-order valence-electron chi connectivity index (χ1n) is 22.3. The SMILES string of the molecule is CC(C)CCC(C)C.CC1(C)CCCC1=O.CC1CCC(C)(C)C1=O.CCCCC(C)C.CCCCCC.C[C-]1CCC(C)C1=O.C[C-]1CCCC1=O.[Ar].[Ar].[Ar].[Ar].[Ar].[Ar].[Ar].[Na+].[Na+]. The van der Waals surface area contributed by atoms with E-state index < -0.39 is 0 Å². The van der Waals surface area contributed by atoms with Crippen LogP contribution in [0.15, 0.2) is 0 Å². The maximum atomic E-state index is 11.2. The molecule has 0 spiro atoms. The average molecular weight is 1070 g/mol. The fourth-order valence-corrected chi connectivity index (χ4v) is 6.42. The Morgan fingerprint density at radius 2 is 0.952 bits per heavy atom. The minimum Gasteiger partial charge on any atom is -0.334 e. The zero-order chi connectivity index (χ0) is 41.8. The molecule has 4 aliphatic rings. The van der Waals surface area contributed by atoms with Gasteiger partial charge in [0.05, 0.1) is 0 Å². The van der Waals surface area contributed by atoms with Gasteiger partial charge in [-0.3, -0.25) is 9.59 Å². The summed E-state index contributed by atoms with van der Waals surface area (Å²) in [6.07, 6.45) is 22.7. The normalized spacial score (nSPS) is 17.9. The van der Waals surface area contributed by atoms with Gasteiger partial charge in [-0.2, -0.15) is 26.7 Å². The van der Waals surface area contributed by atoms with Gasteiger partial charge in [0, 0.05) is 299 Å². The zero-order valence-electron chi connectivity index (χ0n) is 43.4. The maximum absolute atomic E-state index is 11.2. The van der Waals surface area contributed by atoms with E-state index in [9.17, 15) is 19.2 Å². The molecule has 62 heavy (non-hydrogen) atoms. The summed E-state index contributed by atoms with van der Waals surface area (Å²) in [5, 5.41) is 0. The van der Waals surface area contributed by atoms with Gasteiger partial charge in [-0.25, -0.2) is 0 Å². The molecule has 0 heterocycles. The predicted molar refractivity (Wildman–Crippen MR) is 233 cm³/mol. The zero-order valence-corrected chi connectivity index (χ0v) is 52.4. The molecule has 372 valence electrons. The van der Waals surface area contributed by atoms with Crippen LogP contribution in [-0.2, 0) is 19.2 Å². The number of unbranched alkanes of at least 4 members (excludes halogenated alkanes) is 4. The fraction of sp³-hybridized carbons (Fsp3) is 0.878. The van der Waals surface area contributed by atoms with Crippen LogP contribution in [-0.4, -0.2) is 23.1 Å². The Kier molecular flexibility index (Phi) is 101. The molecule has 13 heteroatoms. The molecule has 0 radical (unpaired) electrons. The Balaban J connectivity index is -0.0000000461. The van der Waals surface area contributed by atoms with Crippen LogP contribution in [0.25, 0.3) is 0 Å². The monoisotopic (exact) mass is 1070 g/mol. The minimum atomic E-state index is -0.0145. The summed E-state index contributed by atoms with van der Waals surface area (Å²) in [6.45, 7) is 36.4. The van der Waals surface area contributed by atoms with E-state index in [1.165, 1.54) is 57.8 Å². The topological polar surface area (TPSA) is 68.3 Å². The first-order chi connectivity index (χ1) is 24.5. The molecule has 0 saturated heterocycles. The van der Waals surface area contributed by atoms with Crippen molar-refractivity contribution in [3.63, 3.8) is 0 Å². The summed E-state index contributed by atoms with van der Waals surface area (Å²) in [5.74, 6) is 7.09. The Bertz CT molecular complexity index is 958. The fourth-order valence-electron chi connectivity index (χ4n) is 6.42. The number of Topliss-reactive ketones (excluding diaryl/α,β-unsaturated/α-hetero) is 4. The summed E-state index contributed by atoms with van der Waals surface area (Å²) in [5.41, 5.74) is -0.000579. The first kappa shape index (κ1) is 100. The van der Waals surface area contributed by atoms with E-state index in [0.717, 1.165) is 93.8 Å². The Labute approximate surface area is 643 Å². The van der Waals surface area contributed by atoms with Crippen molar-refractivity contribution >= 4 is 23.1 Å². The molecule has 2 atom stereocenters. The summed E-state index contributed by atoms with van der Waals surface area (Å²) in [4.78, 5) is 43.5. The number of hydrogen-bond acceptors (Lipinski definition) is 4. The molecule has 4 aliphatic carbocycles. The van der Waals surface area contributed by atoms with Gasteiger partial charge in [-0.05, 0) is 55.8 Å². The minimum absolute atomic E-state index is 0. The van der Waals surface area contributed by atoms with Crippen LogP contribution in [0.3, 0.4) is 0 Å². The molecule has 0 N–H and O–H groups in total. The number of ketones is 4. The van der Waals surface area contributed by atoms with E-state index >= 15 is 0 Å². The molecule has 4 fully saturated rings. The van der Waals surface area contributed by atoms with E-state index in [1.54, 1.807) is 0 Å². The molecule has 0 aromatic rings. The summed E-state index contributed by atoms with van der Waals surface area (Å²) in [6, 6.07) is 0. The third kappa shape index (κ3) is 60.1. The second-order valence-corrected chi connectivity index (χ2v) is 19.1. The second-order valence-electron chi connectivity index (χ2n) is 19.1. The van der Waals surface area contributed by atoms with Gasteiger partial charge in [0.15, 0.2) is 0 Å². The largest absolute Gasteiger partial charge is 1.00 e. The van der Waals surface area contributed by atoms with Crippen molar-refractivity contribution in [3.05, 3.63) is 11.8 Å². The molecule has 2 unspecified atom stereocenters. The van der Waals surface area contributed by atoms with Crippen LogP contribution in [0.4, 0.5) is 0 Å². The standard InChI is InChI=1S/C8H14O.C8H18.C7H12O.C7H11O.C7H16.C6H9O.C6H14.7Ar.2Na/c1-6-4-5-8(2,3)7(6)9;1-7(2)5-6-8(3)4;1-7(2)5-3-4-6(7)8;1-5-3-4-6(2)7(5)8;1-4-5-6-7(2)3;1-5-3-2-4-6(5)7;1-3-5-6-4-2;;;;;;;;;/h6H,4-5H2,1-3H3;7-8H,5-6H2,1-4H3;3-5H2,1-2H3;5H,3-4H2,1-2H3;7H,4-6H2,1-3H3;2-4H2,1H3;3-6H2,1-2H3;;;;;;;;;/q;;;-1;;-1;;;;;;;;;2*+1. The van der Waals surface area contributed by atoms with Crippen molar-refractivity contribution in [2.24, 2.45) is 40.4 Å². The van der Waals surface area contributed by atoms with Crippen LogP contribution >= 0.6 is 0 Å². The van der Waals surface area contributed by atoms with Gasteiger partial charge in [-0.15, -0.1) is 0 Å². The van der Waals surface area contributed by atoms with E-state index in [-0.39, 0.29) is 334 Å². The van der Waals surface area contributed by atoms with E-state index in [0.29, 0.717) is 35.0 Å². The molecular weight excluding hydrogens is 978 g/mol. The Morgan fingerprint density at radius 1 is 0.532 bits per heavy atom. The van der Waals surface area contributed by atoms with Gasteiger partial charge in [0.2, 0.25) is 0 Å². The third-order valence-electron chi connectivity index (χ3n) is 10.9. The number of rotatable bonds is 9. The molecule has 0 aromatic heterocycles. The van der Waals surface area contributed by atoms with Gasteiger partial charge in [0.1, 0.15) is 11.6 Å². The number of carbonyl (C=O) groups excluding carboxylic acids is 4. The van der Waals surface area contributed by atoms with E-state index in [1.807, 2.05) is 55.4 Å². The van der Waals surface area contributed by atoms with Gasteiger partial charge < -0.3 is 21.4 Å². The van der Waals surface area contributed by atoms with E-state index in [4.69, 9.17) is 0 Å². The summed E-state index contributed by atoms with van der Waals surface area (Å²) >= 11 is 0. The van der Waals surface area contributed by atoms with Crippen LogP contribution in [0.5, 0.6) is 0 Å². The maximum Gasteiger partial charge on any atom is 1.00 e. The molecule has 0 amide bonds. The van der Waals surface area contributed by atoms with Crippen LogP contribution in [0.2, 0.25) is 0 Å². The quantitative estimate of drug-likeness (QED) is 0.131. The Hall–Kier alpha value is 9.24. The van der Waals surface area contributed by atoms with Gasteiger partial charge in [-0.1, -0.05) is 174 Å². The molecular formula is C49H94Ar7Na2O4. The molecule has 0 aromatic carbocycles. The van der Waals surface area contributed by atoms with Gasteiger partial charge >= 0.3 is 59.1 Å². The molecule has 0 aliphatic heterocycles. The molecule has 4 rings (SSSR count). The van der Waals surface area contributed by atoms with E-state index in [2.05, 4.69) is 62.3 Å². The van der Waals surface area contributed by atoms with Crippen LogP contribution < -0.4 is 59.1 Å². The Morgan fingerprint density at radius 3 is 1.06 bits per heavy atom. The predicted octanol–water partition coefficient (Wildman–Crippen LogP) is 9.20.